The van der Waals surface area contributed by atoms with E-state index in [4.69, 9.17) is 9.84 Å². The highest BCUT2D eigenvalue weighted by molar-refractivity contribution is 5.82. The van der Waals surface area contributed by atoms with E-state index < -0.39 is 0 Å². The molecular formula is C13H23NO3. The molecule has 0 aromatic rings. The molecule has 4 heteroatoms. The second-order valence-electron chi connectivity index (χ2n) is 5.31. The highest BCUT2D eigenvalue weighted by Gasteiger charge is 2.54. The van der Waals surface area contributed by atoms with Gasteiger partial charge in [-0.05, 0) is 31.1 Å². The largest absolute Gasteiger partial charge is 0.396 e. The highest BCUT2D eigenvalue weighted by atomic mass is 16.5. The van der Waals surface area contributed by atoms with Gasteiger partial charge in [0, 0.05) is 19.6 Å². The summed E-state index contributed by atoms with van der Waals surface area (Å²) in [5, 5.41) is 11.9. The Hall–Kier alpha value is -0.610. The number of carbonyl (C=O) groups excluding carboxylic acids is 1. The molecule has 2 rings (SSSR count). The number of carbonyl (C=O) groups is 1. The lowest BCUT2D eigenvalue weighted by Crippen LogP contribution is -2.40. The van der Waals surface area contributed by atoms with Gasteiger partial charge in [-0.3, -0.25) is 4.79 Å². The van der Waals surface area contributed by atoms with Crippen molar-refractivity contribution in [1.82, 2.24) is 5.32 Å². The minimum atomic E-state index is -0.0415. The Kier molecular flexibility index (Phi) is 4.40. The summed E-state index contributed by atoms with van der Waals surface area (Å²) in [6.07, 6.45) is 5.57. The van der Waals surface area contributed by atoms with Gasteiger partial charge in [-0.1, -0.05) is 12.8 Å². The summed E-state index contributed by atoms with van der Waals surface area (Å²) in [6, 6.07) is -0.0415. The molecule has 1 amide bonds. The van der Waals surface area contributed by atoms with Gasteiger partial charge >= 0.3 is 0 Å². The van der Waals surface area contributed by atoms with Gasteiger partial charge in [-0.15, -0.1) is 0 Å². The maximum Gasteiger partial charge on any atom is 0.223 e. The summed E-state index contributed by atoms with van der Waals surface area (Å²) in [4.78, 5) is 12.1. The molecule has 2 saturated carbocycles. The molecule has 0 aliphatic heterocycles. The zero-order valence-corrected chi connectivity index (χ0v) is 10.5. The van der Waals surface area contributed by atoms with Crippen LogP contribution in [-0.4, -0.2) is 37.4 Å². The molecule has 17 heavy (non-hydrogen) atoms. The van der Waals surface area contributed by atoms with Crippen molar-refractivity contribution in [3.05, 3.63) is 0 Å². The molecule has 2 N–H and O–H groups in total. The van der Waals surface area contributed by atoms with Gasteiger partial charge in [0.1, 0.15) is 0 Å². The fourth-order valence-electron chi connectivity index (χ4n) is 3.23. The van der Waals surface area contributed by atoms with Crippen molar-refractivity contribution in [3.8, 4) is 0 Å². The number of rotatable bonds is 6. The third-order valence-corrected chi connectivity index (χ3v) is 4.15. The van der Waals surface area contributed by atoms with Crippen LogP contribution in [0.2, 0.25) is 0 Å². The SMILES string of the molecule is COCC(CCO)NC(=O)C1C2CCCCC21. The van der Waals surface area contributed by atoms with E-state index in [2.05, 4.69) is 5.32 Å². The quantitative estimate of drug-likeness (QED) is 0.727. The Labute approximate surface area is 103 Å². The zero-order valence-electron chi connectivity index (χ0n) is 10.5. The maximum atomic E-state index is 12.1. The van der Waals surface area contributed by atoms with Crippen LogP contribution in [0.4, 0.5) is 0 Å². The van der Waals surface area contributed by atoms with Gasteiger partial charge in [0.15, 0.2) is 0 Å². The number of aliphatic hydroxyl groups excluding tert-OH is 1. The summed E-state index contributed by atoms with van der Waals surface area (Å²) in [6.45, 7) is 0.570. The summed E-state index contributed by atoms with van der Waals surface area (Å²) >= 11 is 0. The third-order valence-electron chi connectivity index (χ3n) is 4.15. The van der Waals surface area contributed by atoms with E-state index in [1.807, 2.05) is 0 Å². The van der Waals surface area contributed by atoms with Crippen LogP contribution in [0.5, 0.6) is 0 Å². The topological polar surface area (TPSA) is 58.6 Å². The predicted molar refractivity (Wildman–Crippen MR) is 64.4 cm³/mol. The van der Waals surface area contributed by atoms with Crippen molar-refractivity contribution in [2.75, 3.05) is 20.3 Å². The lowest BCUT2D eigenvalue weighted by Gasteiger charge is -2.16. The van der Waals surface area contributed by atoms with E-state index in [1.165, 1.54) is 25.7 Å². The first-order chi connectivity index (χ1) is 8.27. The van der Waals surface area contributed by atoms with E-state index >= 15 is 0 Å². The molecule has 2 aliphatic rings. The Morgan fingerprint density at radius 1 is 1.41 bits per heavy atom. The average Bonchev–Trinajstić information content (AvgIpc) is 3.03. The van der Waals surface area contributed by atoms with Gasteiger partial charge in [-0.2, -0.15) is 0 Å². The van der Waals surface area contributed by atoms with Gasteiger partial charge in [0.2, 0.25) is 5.91 Å². The molecule has 0 radical (unpaired) electrons. The molecule has 3 unspecified atom stereocenters. The summed E-state index contributed by atoms with van der Waals surface area (Å²) in [7, 11) is 1.62. The van der Waals surface area contributed by atoms with Crippen LogP contribution in [0.1, 0.15) is 32.1 Å². The monoisotopic (exact) mass is 241 g/mol. The van der Waals surface area contributed by atoms with Crippen molar-refractivity contribution in [2.24, 2.45) is 17.8 Å². The van der Waals surface area contributed by atoms with E-state index in [0.29, 0.717) is 24.9 Å². The Morgan fingerprint density at radius 3 is 2.59 bits per heavy atom. The number of methoxy groups -OCH3 is 1. The van der Waals surface area contributed by atoms with E-state index in [1.54, 1.807) is 7.11 Å². The normalized spacial score (nSPS) is 32.7. The number of aliphatic hydroxyl groups is 1. The number of ether oxygens (including phenoxy) is 1. The number of nitrogens with one attached hydrogen (secondary N) is 1. The van der Waals surface area contributed by atoms with Crippen LogP contribution in [0.25, 0.3) is 0 Å². The van der Waals surface area contributed by atoms with E-state index in [0.717, 1.165) is 0 Å². The molecule has 0 aromatic heterocycles. The van der Waals surface area contributed by atoms with Crippen LogP contribution in [0.15, 0.2) is 0 Å². The molecule has 2 aliphatic carbocycles. The fourth-order valence-corrected chi connectivity index (χ4v) is 3.23. The van der Waals surface area contributed by atoms with Crippen molar-refractivity contribution in [1.29, 1.82) is 0 Å². The van der Waals surface area contributed by atoms with Crippen LogP contribution >= 0.6 is 0 Å². The lowest BCUT2D eigenvalue weighted by atomic mass is 10.0. The molecular weight excluding hydrogens is 218 g/mol. The molecule has 0 saturated heterocycles. The molecule has 2 fully saturated rings. The molecule has 3 atom stereocenters. The van der Waals surface area contributed by atoms with Crippen molar-refractivity contribution in [3.63, 3.8) is 0 Å². The molecule has 98 valence electrons. The summed E-state index contributed by atoms with van der Waals surface area (Å²) < 4.78 is 5.05. The predicted octanol–water partition coefficient (Wildman–Crippen LogP) is 0.936. The maximum absolute atomic E-state index is 12.1. The van der Waals surface area contributed by atoms with Crippen molar-refractivity contribution in [2.45, 2.75) is 38.1 Å². The van der Waals surface area contributed by atoms with Gasteiger partial charge in [0.25, 0.3) is 0 Å². The first-order valence-electron chi connectivity index (χ1n) is 6.68. The minimum absolute atomic E-state index is 0.0415. The van der Waals surface area contributed by atoms with Crippen molar-refractivity contribution < 1.29 is 14.6 Å². The second-order valence-corrected chi connectivity index (χ2v) is 5.31. The standard InChI is InChI=1S/C13H23NO3/c1-17-8-9(6-7-15)14-13(16)12-10-4-2-3-5-11(10)12/h9-12,15H,2-8H2,1H3,(H,14,16). The fraction of sp³-hybridized carbons (Fsp3) is 0.923. The molecule has 4 nitrogen and oxygen atoms in total. The number of hydrogen-bond acceptors (Lipinski definition) is 3. The van der Waals surface area contributed by atoms with Crippen LogP contribution in [0, 0.1) is 17.8 Å². The van der Waals surface area contributed by atoms with E-state index in [9.17, 15) is 4.79 Å². The molecule has 0 bridgehead atoms. The molecule has 0 spiro atoms. The van der Waals surface area contributed by atoms with Crippen molar-refractivity contribution >= 4 is 5.91 Å². The summed E-state index contributed by atoms with van der Waals surface area (Å²) in [5.41, 5.74) is 0. The van der Waals surface area contributed by atoms with Gasteiger partial charge in [-0.25, -0.2) is 0 Å². The lowest BCUT2D eigenvalue weighted by molar-refractivity contribution is -0.124. The average molecular weight is 241 g/mol. The Bertz CT molecular complexity index is 251. The second kappa shape index (κ2) is 5.83. The number of amides is 1. The zero-order chi connectivity index (χ0) is 12.3. The van der Waals surface area contributed by atoms with Gasteiger partial charge in [0.05, 0.1) is 12.6 Å². The van der Waals surface area contributed by atoms with Crippen LogP contribution < -0.4 is 5.32 Å². The minimum Gasteiger partial charge on any atom is -0.396 e. The third kappa shape index (κ3) is 2.99. The first-order valence-corrected chi connectivity index (χ1v) is 6.68. The van der Waals surface area contributed by atoms with Crippen LogP contribution in [0.3, 0.4) is 0 Å². The van der Waals surface area contributed by atoms with Crippen LogP contribution in [-0.2, 0) is 9.53 Å². The highest BCUT2D eigenvalue weighted by Crippen LogP contribution is 2.55. The molecule has 0 heterocycles. The van der Waals surface area contributed by atoms with Gasteiger partial charge < -0.3 is 15.2 Å². The number of fused-ring (bicyclic) bond motifs is 1. The summed E-state index contributed by atoms with van der Waals surface area (Å²) in [5.74, 6) is 1.70. The first kappa shape index (κ1) is 12.8. The molecule has 0 aromatic carbocycles. The Morgan fingerprint density at radius 2 is 2.06 bits per heavy atom. The van der Waals surface area contributed by atoms with E-state index in [-0.39, 0.29) is 24.5 Å². The smallest absolute Gasteiger partial charge is 0.223 e. The number of hydrogen-bond donors (Lipinski definition) is 2. The Balaban J connectivity index is 1.79.